The van der Waals surface area contributed by atoms with Crippen molar-refractivity contribution < 1.29 is 74.9 Å². The molecule has 0 atom stereocenters. The molecule has 0 saturated heterocycles. The van der Waals surface area contributed by atoms with Crippen molar-refractivity contribution in [3.8, 4) is 45.6 Å². The first-order valence-corrected chi connectivity index (χ1v) is 24.3. The van der Waals surface area contributed by atoms with Gasteiger partial charge in [-0.05, 0) is 138 Å². The standard InChI is InChI=1S/C50H40N6O16S2/c1-69-34-11-5-30(6-12-34)51-32-9-15-36-29(19-32)22-45(74(66,67)68)48(50(36)62)56-54-40-18-4-28(21-43(40)72-26-47(59)60)27-3-17-39(42(20-27)71-25-46(57)58)53-55-41-24-44(73(63,64)65)38-23-33(10-16-37(38)49(41)61)52-31-7-13-35(70-2)14-8-31/h3-24,51-52,61-62H,25-26H2,1-2H3,(H,57,58)(H,59,60)(H,63,64,65)(H,66,67,68). The van der Waals surface area contributed by atoms with Crippen LogP contribution in [-0.4, -0.2) is 85.7 Å². The summed E-state index contributed by atoms with van der Waals surface area (Å²) in [6.45, 7) is -1.75. The molecule has 22 nitrogen and oxygen atoms in total. The molecule has 0 heterocycles. The molecule has 0 saturated carbocycles. The quantitative estimate of drug-likeness (QED) is 0.0275. The lowest BCUT2D eigenvalue weighted by molar-refractivity contribution is -0.140. The Morgan fingerprint density at radius 2 is 0.946 bits per heavy atom. The van der Waals surface area contributed by atoms with Gasteiger partial charge in [-0.25, -0.2) is 9.59 Å². The van der Waals surface area contributed by atoms with Gasteiger partial charge in [-0.3, -0.25) is 9.11 Å². The summed E-state index contributed by atoms with van der Waals surface area (Å²) in [6.07, 6.45) is 0. The summed E-state index contributed by atoms with van der Waals surface area (Å²) >= 11 is 0. The normalized spacial score (nSPS) is 11.8. The number of methoxy groups -OCH3 is 2. The number of phenolic OH excluding ortho intramolecular Hbond substituents is 2. The van der Waals surface area contributed by atoms with Gasteiger partial charge < -0.3 is 50.0 Å². The van der Waals surface area contributed by atoms with E-state index in [1.165, 1.54) is 74.9 Å². The molecule has 24 heteroatoms. The minimum absolute atomic E-state index is 0.0164. The van der Waals surface area contributed by atoms with Crippen LogP contribution in [0.5, 0.6) is 34.5 Å². The Kier molecular flexibility index (Phi) is 14.6. The summed E-state index contributed by atoms with van der Waals surface area (Å²) in [6, 6.07) is 33.1. The second-order valence-corrected chi connectivity index (χ2v) is 18.6. The van der Waals surface area contributed by atoms with Gasteiger partial charge in [-0.15, -0.1) is 20.5 Å². The zero-order valence-electron chi connectivity index (χ0n) is 38.5. The van der Waals surface area contributed by atoms with Gasteiger partial charge in [0.25, 0.3) is 20.2 Å². The van der Waals surface area contributed by atoms with Crippen LogP contribution in [0.15, 0.2) is 164 Å². The second-order valence-electron chi connectivity index (χ2n) is 15.8. The molecule has 0 unspecified atom stereocenters. The zero-order chi connectivity index (χ0) is 52.9. The number of carbonyl (C=O) groups is 2. The molecule has 378 valence electrons. The van der Waals surface area contributed by atoms with Crippen molar-refractivity contribution in [3.05, 3.63) is 133 Å². The molecule has 8 N–H and O–H groups in total. The number of phenols is 2. The number of ether oxygens (including phenoxy) is 4. The first kappa shape index (κ1) is 51.0. The smallest absolute Gasteiger partial charge is 0.341 e. The van der Waals surface area contributed by atoms with E-state index in [1.54, 1.807) is 60.7 Å². The minimum Gasteiger partial charge on any atom is -0.505 e. The third-order valence-corrected chi connectivity index (χ3v) is 12.7. The van der Waals surface area contributed by atoms with Gasteiger partial charge in [-0.2, -0.15) is 16.8 Å². The molecule has 8 aromatic rings. The molecule has 74 heavy (non-hydrogen) atoms. The number of carboxylic acid groups (broad SMARTS) is 2. The third kappa shape index (κ3) is 11.7. The third-order valence-electron chi connectivity index (χ3n) is 10.9. The Morgan fingerprint density at radius 3 is 1.43 bits per heavy atom. The van der Waals surface area contributed by atoms with Crippen LogP contribution < -0.4 is 29.6 Å². The highest BCUT2D eigenvalue weighted by atomic mass is 32.2. The summed E-state index contributed by atoms with van der Waals surface area (Å²) in [4.78, 5) is 21.9. The summed E-state index contributed by atoms with van der Waals surface area (Å²) in [5.74, 6) is -3.08. The number of nitrogens with zero attached hydrogens (tertiary/aromatic N) is 4. The van der Waals surface area contributed by atoms with Gasteiger partial charge >= 0.3 is 11.9 Å². The van der Waals surface area contributed by atoms with Gasteiger partial charge in [0, 0.05) is 38.9 Å². The van der Waals surface area contributed by atoms with E-state index in [1.807, 2.05) is 0 Å². The fraction of sp³-hybridized carbons (Fsp3) is 0.0800. The predicted molar refractivity (Wildman–Crippen MR) is 270 cm³/mol. The van der Waals surface area contributed by atoms with Crippen LogP contribution in [0.25, 0.3) is 32.7 Å². The molecule has 0 radical (unpaired) electrons. The van der Waals surface area contributed by atoms with Crippen LogP contribution in [0.1, 0.15) is 0 Å². The number of hydrogen-bond donors (Lipinski definition) is 8. The van der Waals surface area contributed by atoms with Crippen molar-refractivity contribution in [1.82, 2.24) is 0 Å². The minimum atomic E-state index is -5.05. The van der Waals surface area contributed by atoms with E-state index in [-0.39, 0.29) is 44.4 Å². The summed E-state index contributed by atoms with van der Waals surface area (Å²) in [5, 5.41) is 64.4. The fourth-order valence-electron chi connectivity index (χ4n) is 7.41. The van der Waals surface area contributed by atoms with Gasteiger partial charge in [0.05, 0.1) is 14.2 Å². The lowest BCUT2D eigenvalue weighted by Crippen LogP contribution is -2.09. The fourth-order valence-corrected chi connectivity index (χ4v) is 8.77. The van der Waals surface area contributed by atoms with Crippen molar-refractivity contribution in [3.63, 3.8) is 0 Å². The van der Waals surface area contributed by atoms with Crippen molar-refractivity contribution in [2.75, 3.05) is 38.1 Å². The molecule has 0 aliphatic rings. The Bertz CT molecular complexity index is 3800. The van der Waals surface area contributed by atoms with E-state index in [0.29, 0.717) is 45.4 Å². The summed E-state index contributed by atoms with van der Waals surface area (Å²) < 4.78 is 92.7. The molecule has 0 bridgehead atoms. The number of benzene rings is 8. The Balaban J connectivity index is 1.12. The molecule has 0 amide bonds. The molecular formula is C50H40N6O16S2. The van der Waals surface area contributed by atoms with E-state index in [0.717, 1.165) is 12.1 Å². The van der Waals surface area contributed by atoms with Crippen molar-refractivity contribution in [1.29, 1.82) is 0 Å². The maximum absolute atomic E-state index is 12.7. The Hall–Kier alpha value is -9.36. The number of nitrogens with one attached hydrogen (secondary N) is 2. The maximum Gasteiger partial charge on any atom is 0.341 e. The number of fused-ring (bicyclic) bond motifs is 2. The Morgan fingerprint density at radius 1 is 0.486 bits per heavy atom. The average molecular weight is 1050 g/mol. The highest BCUT2D eigenvalue weighted by molar-refractivity contribution is 7.86. The molecule has 0 aromatic heterocycles. The number of rotatable bonds is 19. The molecule has 8 aromatic carbocycles. The number of aromatic hydroxyl groups is 2. The van der Waals surface area contributed by atoms with Crippen LogP contribution in [0.3, 0.4) is 0 Å². The second kappa shape index (κ2) is 21.2. The van der Waals surface area contributed by atoms with Gasteiger partial charge in [-0.1, -0.05) is 12.1 Å². The highest BCUT2D eigenvalue weighted by Crippen LogP contribution is 2.45. The molecule has 0 aliphatic carbocycles. The van der Waals surface area contributed by atoms with Gasteiger partial charge in [0.2, 0.25) is 0 Å². The predicted octanol–water partition coefficient (Wildman–Crippen LogP) is 10.8. The van der Waals surface area contributed by atoms with Crippen molar-refractivity contribution in [2.24, 2.45) is 20.5 Å². The zero-order valence-corrected chi connectivity index (χ0v) is 40.1. The molecular weight excluding hydrogens is 1000 g/mol. The SMILES string of the molecule is COc1ccc(Nc2ccc3c(O)c(N=Nc4ccc(-c5ccc(N=Nc6cc(S(=O)(=O)O)c7cc(Nc8ccc(OC)cc8)ccc7c6O)c(OCC(=O)O)c5)cc4OCC(=O)O)c(S(=O)(=O)O)cc3c2)cc1. The first-order chi connectivity index (χ1) is 35.3. The van der Waals surface area contributed by atoms with Crippen LogP contribution in [0.4, 0.5) is 45.5 Å². The summed E-state index contributed by atoms with van der Waals surface area (Å²) in [5.41, 5.74) is 1.50. The van der Waals surface area contributed by atoms with E-state index >= 15 is 0 Å². The topological polar surface area (TPSA) is 334 Å². The average Bonchev–Trinajstić information content (AvgIpc) is 3.37. The first-order valence-electron chi connectivity index (χ1n) is 21.5. The Labute approximate surface area is 419 Å². The lowest BCUT2D eigenvalue weighted by atomic mass is 10.0. The largest absolute Gasteiger partial charge is 0.505 e. The van der Waals surface area contributed by atoms with Gasteiger partial charge in [0.1, 0.15) is 55.5 Å². The van der Waals surface area contributed by atoms with Crippen molar-refractivity contribution >= 4 is 99.2 Å². The van der Waals surface area contributed by atoms with E-state index in [2.05, 4.69) is 31.1 Å². The number of azo groups is 2. The number of hydrogen-bond acceptors (Lipinski definition) is 18. The van der Waals surface area contributed by atoms with Crippen LogP contribution >= 0.6 is 0 Å². The molecule has 8 rings (SSSR count). The number of anilines is 4. The van der Waals surface area contributed by atoms with E-state index < -0.39 is 78.1 Å². The lowest BCUT2D eigenvalue weighted by Gasteiger charge is -2.13. The van der Waals surface area contributed by atoms with Crippen LogP contribution in [-0.2, 0) is 29.8 Å². The monoisotopic (exact) mass is 1040 g/mol. The number of carboxylic acids is 2. The molecule has 0 aliphatic heterocycles. The number of aliphatic carboxylic acids is 2. The molecule has 0 fully saturated rings. The highest BCUT2D eigenvalue weighted by Gasteiger charge is 2.24. The maximum atomic E-state index is 12.7. The van der Waals surface area contributed by atoms with Gasteiger partial charge in [0.15, 0.2) is 24.7 Å². The molecule has 0 spiro atoms. The van der Waals surface area contributed by atoms with Crippen LogP contribution in [0.2, 0.25) is 0 Å². The van der Waals surface area contributed by atoms with Crippen molar-refractivity contribution in [2.45, 2.75) is 9.79 Å². The van der Waals surface area contributed by atoms with Crippen LogP contribution in [0, 0.1) is 0 Å². The van der Waals surface area contributed by atoms with E-state index in [4.69, 9.17) is 18.9 Å². The summed E-state index contributed by atoms with van der Waals surface area (Å²) in [7, 11) is -6.93. The van der Waals surface area contributed by atoms with E-state index in [9.17, 15) is 56.0 Å².